The molecule has 0 aliphatic heterocycles. The molecular formula is C13H18ClN3O. The fourth-order valence-corrected chi connectivity index (χ4v) is 3.32. The zero-order valence-corrected chi connectivity index (χ0v) is 11.1. The summed E-state index contributed by atoms with van der Waals surface area (Å²) in [6.07, 6.45) is 9.64. The molecule has 4 nitrogen and oxygen atoms in total. The molecule has 5 heteroatoms. The lowest BCUT2D eigenvalue weighted by molar-refractivity contribution is 0.0152. The lowest BCUT2D eigenvalue weighted by Crippen LogP contribution is -2.46. The molecule has 0 unspecified atom stereocenters. The van der Waals surface area contributed by atoms with Crippen LogP contribution < -0.4 is 10.9 Å². The van der Waals surface area contributed by atoms with Crippen molar-refractivity contribution in [3.8, 4) is 0 Å². The molecule has 2 fully saturated rings. The van der Waals surface area contributed by atoms with Crippen molar-refractivity contribution < 1.29 is 0 Å². The quantitative estimate of drug-likeness (QED) is 0.882. The van der Waals surface area contributed by atoms with Crippen molar-refractivity contribution in [3.05, 3.63) is 21.6 Å². The molecule has 1 heterocycles. The number of nitrogens with one attached hydrogen (secondary N) is 2. The van der Waals surface area contributed by atoms with E-state index in [1.165, 1.54) is 38.5 Å². The van der Waals surface area contributed by atoms with Crippen molar-refractivity contribution in [1.82, 2.24) is 10.2 Å². The Labute approximate surface area is 111 Å². The van der Waals surface area contributed by atoms with Gasteiger partial charge >= 0.3 is 0 Å². The van der Waals surface area contributed by atoms with Crippen molar-refractivity contribution in [2.24, 2.45) is 11.3 Å². The van der Waals surface area contributed by atoms with Crippen LogP contribution in [0.25, 0.3) is 0 Å². The largest absolute Gasteiger partial charge is 0.382 e. The monoisotopic (exact) mass is 267 g/mol. The summed E-state index contributed by atoms with van der Waals surface area (Å²) in [5, 5.41) is 9.66. The predicted molar refractivity (Wildman–Crippen MR) is 72.0 cm³/mol. The molecule has 18 heavy (non-hydrogen) atoms. The van der Waals surface area contributed by atoms with Crippen LogP contribution in [0.4, 0.5) is 5.69 Å². The maximum atomic E-state index is 11.4. The van der Waals surface area contributed by atoms with Gasteiger partial charge in [-0.05, 0) is 37.0 Å². The Bertz CT molecular complexity index is 491. The zero-order chi connectivity index (χ0) is 12.6. The molecule has 0 saturated heterocycles. The molecule has 2 aliphatic rings. The average molecular weight is 268 g/mol. The minimum Gasteiger partial charge on any atom is -0.382 e. The minimum absolute atomic E-state index is 0.216. The molecular weight excluding hydrogens is 250 g/mol. The second kappa shape index (κ2) is 4.57. The first-order valence-corrected chi connectivity index (χ1v) is 7.06. The smallest absolute Gasteiger partial charge is 0.285 e. The van der Waals surface area contributed by atoms with Crippen molar-refractivity contribution >= 4 is 17.3 Å². The van der Waals surface area contributed by atoms with E-state index in [9.17, 15) is 4.79 Å². The van der Waals surface area contributed by atoms with Crippen molar-refractivity contribution in [1.29, 1.82) is 0 Å². The van der Waals surface area contributed by atoms with Crippen molar-refractivity contribution in [2.45, 2.75) is 38.5 Å². The summed E-state index contributed by atoms with van der Waals surface area (Å²) in [5.41, 5.74) is 0.781. The van der Waals surface area contributed by atoms with E-state index in [1.54, 1.807) is 6.20 Å². The highest BCUT2D eigenvalue weighted by atomic mass is 35.5. The van der Waals surface area contributed by atoms with Gasteiger partial charge in [0, 0.05) is 6.54 Å². The first-order chi connectivity index (χ1) is 8.71. The Hall–Kier alpha value is -1.03. The van der Waals surface area contributed by atoms with Crippen LogP contribution in [0.1, 0.15) is 38.5 Å². The number of hydrogen-bond donors (Lipinski definition) is 2. The second-order valence-corrected chi connectivity index (χ2v) is 6.00. The highest BCUT2D eigenvalue weighted by Crippen LogP contribution is 2.54. The highest BCUT2D eigenvalue weighted by molar-refractivity contribution is 6.32. The van der Waals surface area contributed by atoms with Crippen LogP contribution in [-0.4, -0.2) is 16.7 Å². The first kappa shape index (κ1) is 12.0. The van der Waals surface area contributed by atoms with E-state index in [0.717, 1.165) is 12.5 Å². The maximum Gasteiger partial charge on any atom is 0.285 e. The third kappa shape index (κ3) is 1.92. The van der Waals surface area contributed by atoms with Crippen LogP contribution in [0.15, 0.2) is 11.0 Å². The fourth-order valence-electron chi connectivity index (χ4n) is 3.16. The van der Waals surface area contributed by atoms with Gasteiger partial charge in [-0.25, -0.2) is 5.10 Å². The Morgan fingerprint density at radius 2 is 2.22 bits per heavy atom. The number of halogens is 1. The molecule has 0 spiro atoms. The standard InChI is InChI=1S/C13H18ClN3O/c14-11-10(7-16-17-12(11)18)15-8-13(5-2-6-13)9-3-1-4-9/h7,9H,1-6,8H2,(H2,15,17,18). The number of rotatable bonds is 4. The Morgan fingerprint density at radius 1 is 1.44 bits per heavy atom. The van der Waals surface area contributed by atoms with E-state index in [2.05, 4.69) is 15.5 Å². The summed E-state index contributed by atoms with van der Waals surface area (Å²) in [7, 11) is 0. The highest BCUT2D eigenvalue weighted by Gasteiger charge is 2.45. The molecule has 0 radical (unpaired) electrons. The fraction of sp³-hybridized carbons (Fsp3) is 0.692. The number of aromatic nitrogens is 2. The van der Waals surface area contributed by atoms with Gasteiger partial charge < -0.3 is 5.32 Å². The summed E-state index contributed by atoms with van der Waals surface area (Å²) in [5.74, 6) is 0.868. The predicted octanol–water partition coefficient (Wildman–Crippen LogP) is 2.81. The number of hydrogen-bond acceptors (Lipinski definition) is 3. The van der Waals surface area contributed by atoms with Crippen LogP contribution in [0, 0.1) is 11.3 Å². The molecule has 98 valence electrons. The van der Waals surface area contributed by atoms with E-state index in [-0.39, 0.29) is 10.6 Å². The van der Waals surface area contributed by atoms with Gasteiger partial charge in [0.1, 0.15) is 5.02 Å². The lowest BCUT2D eigenvalue weighted by Gasteiger charge is -2.52. The number of aromatic amines is 1. The van der Waals surface area contributed by atoms with E-state index in [4.69, 9.17) is 11.6 Å². The van der Waals surface area contributed by atoms with Gasteiger partial charge in [-0.15, -0.1) is 0 Å². The van der Waals surface area contributed by atoms with Crippen LogP contribution in [-0.2, 0) is 0 Å². The molecule has 0 aromatic carbocycles. The van der Waals surface area contributed by atoms with E-state index in [1.807, 2.05) is 0 Å². The van der Waals surface area contributed by atoms with Crippen LogP contribution in [0.3, 0.4) is 0 Å². The molecule has 2 N–H and O–H groups in total. The first-order valence-electron chi connectivity index (χ1n) is 6.68. The summed E-state index contributed by atoms with van der Waals surface area (Å²) in [4.78, 5) is 11.4. The van der Waals surface area contributed by atoms with Gasteiger partial charge in [-0.3, -0.25) is 4.79 Å². The molecule has 1 aromatic rings. The van der Waals surface area contributed by atoms with Crippen LogP contribution in [0.5, 0.6) is 0 Å². The molecule has 2 saturated carbocycles. The van der Waals surface area contributed by atoms with E-state index >= 15 is 0 Å². The van der Waals surface area contributed by atoms with E-state index < -0.39 is 0 Å². The Morgan fingerprint density at radius 3 is 2.78 bits per heavy atom. The van der Waals surface area contributed by atoms with Gasteiger partial charge in [-0.2, -0.15) is 5.10 Å². The zero-order valence-electron chi connectivity index (χ0n) is 10.3. The summed E-state index contributed by atoms with van der Waals surface area (Å²) >= 11 is 5.96. The van der Waals surface area contributed by atoms with Gasteiger partial charge in [0.2, 0.25) is 0 Å². The third-order valence-electron chi connectivity index (χ3n) is 4.75. The molecule has 3 rings (SSSR count). The summed E-state index contributed by atoms with van der Waals surface area (Å²) in [6.45, 7) is 0.919. The van der Waals surface area contributed by atoms with Crippen LogP contribution >= 0.6 is 11.6 Å². The SMILES string of the molecule is O=c1[nH]ncc(NCC2(C3CCC3)CCC2)c1Cl. The molecule has 2 aliphatic carbocycles. The molecule has 0 amide bonds. The number of anilines is 1. The van der Waals surface area contributed by atoms with E-state index in [0.29, 0.717) is 11.1 Å². The van der Waals surface area contributed by atoms with Gasteiger partial charge in [-0.1, -0.05) is 24.4 Å². The normalized spacial score (nSPS) is 22.1. The lowest BCUT2D eigenvalue weighted by atomic mass is 9.55. The molecule has 1 aromatic heterocycles. The maximum absolute atomic E-state index is 11.4. The van der Waals surface area contributed by atoms with Gasteiger partial charge in [0.05, 0.1) is 11.9 Å². The van der Waals surface area contributed by atoms with Gasteiger partial charge in [0.15, 0.2) is 0 Å². The molecule has 0 atom stereocenters. The Kier molecular flexibility index (Phi) is 3.06. The average Bonchev–Trinajstić information content (AvgIpc) is 2.24. The summed E-state index contributed by atoms with van der Waals surface area (Å²) < 4.78 is 0. The second-order valence-electron chi connectivity index (χ2n) is 5.62. The Balaban J connectivity index is 1.70. The third-order valence-corrected chi connectivity index (χ3v) is 5.12. The van der Waals surface area contributed by atoms with Crippen molar-refractivity contribution in [2.75, 3.05) is 11.9 Å². The number of H-pyrrole nitrogens is 1. The summed E-state index contributed by atoms with van der Waals surface area (Å²) in [6, 6.07) is 0. The topological polar surface area (TPSA) is 57.8 Å². The van der Waals surface area contributed by atoms with Crippen LogP contribution in [0.2, 0.25) is 5.02 Å². The van der Waals surface area contributed by atoms with Crippen molar-refractivity contribution in [3.63, 3.8) is 0 Å². The number of nitrogens with zero attached hydrogens (tertiary/aromatic N) is 1. The van der Waals surface area contributed by atoms with Gasteiger partial charge in [0.25, 0.3) is 5.56 Å². The molecule has 0 bridgehead atoms. The minimum atomic E-state index is -0.326.